The topological polar surface area (TPSA) is 40.2 Å². The molecule has 1 fully saturated rings. The van der Waals surface area contributed by atoms with Crippen LogP contribution >= 0.6 is 0 Å². The first-order valence-electron chi connectivity index (χ1n) is 4.80. The minimum atomic E-state index is 0.262. The van der Waals surface area contributed by atoms with Gasteiger partial charge in [-0.2, -0.15) is 0 Å². The van der Waals surface area contributed by atoms with Gasteiger partial charge in [-0.1, -0.05) is 0 Å². The van der Waals surface area contributed by atoms with Crippen molar-refractivity contribution in [2.24, 2.45) is 0 Å². The molecule has 0 amide bonds. The molecule has 1 aliphatic heterocycles. The predicted molar refractivity (Wildman–Crippen MR) is 54.8 cm³/mol. The first kappa shape index (κ1) is 10.1. The van der Waals surface area contributed by atoms with E-state index in [1.165, 1.54) is 0 Å². The molecule has 2 rings (SSSR count). The van der Waals surface area contributed by atoms with Crippen molar-refractivity contribution in [1.29, 1.82) is 0 Å². The molecular formula is C11H14O4. The van der Waals surface area contributed by atoms with Gasteiger partial charge in [-0.25, -0.2) is 0 Å². The number of hydrogen-bond acceptors (Lipinski definition) is 4. The minimum absolute atomic E-state index is 0.262. The first-order chi connectivity index (χ1) is 7.33. The Kier molecular flexibility index (Phi) is 2.97. The Morgan fingerprint density at radius 1 is 1.27 bits per heavy atom. The van der Waals surface area contributed by atoms with E-state index in [0.29, 0.717) is 18.1 Å². The second-order valence-corrected chi connectivity index (χ2v) is 3.28. The van der Waals surface area contributed by atoms with Gasteiger partial charge in [0.1, 0.15) is 18.5 Å². The molecule has 1 aliphatic rings. The standard InChI is InChI=1S/C11H14O4/c1-12-10-4-3-8(5-11(10)13-2)14-6-9-7-15-9/h3-5,9H,6-7H2,1-2H3/t9-/m0/s1. The first-order valence-corrected chi connectivity index (χ1v) is 4.80. The summed E-state index contributed by atoms with van der Waals surface area (Å²) in [7, 11) is 3.21. The summed E-state index contributed by atoms with van der Waals surface area (Å²) in [5.74, 6) is 2.14. The van der Waals surface area contributed by atoms with Crippen LogP contribution in [0.1, 0.15) is 0 Å². The van der Waals surface area contributed by atoms with Crippen LogP contribution in [0.4, 0.5) is 0 Å². The van der Waals surface area contributed by atoms with Gasteiger partial charge >= 0.3 is 0 Å². The highest BCUT2D eigenvalue weighted by Crippen LogP contribution is 2.31. The van der Waals surface area contributed by atoms with Crippen LogP contribution in [0.2, 0.25) is 0 Å². The highest BCUT2D eigenvalue weighted by molar-refractivity contribution is 5.45. The maximum absolute atomic E-state index is 5.51. The van der Waals surface area contributed by atoms with Crippen molar-refractivity contribution in [3.8, 4) is 17.2 Å². The summed E-state index contributed by atoms with van der Waals surface area (Å²) in [5.41, 5.74) is 0. The van der Waals surface area contributed by atoms with E-state index >= 15 is 0 Å². The van der Waals surface area contributed by atoms with Crippen LogP contribution in [0, 0.1) is 0 Å². The summed E-state index contributed by atoms with van der Waals surface area (Å²) in [6, 6.07) is 5.48. The van der Waals surface area contributed by atoms with E-state index in [9.17, 15) is 0 Å². The van der Waals surface area contributed by atoms with Crippen LogP contribution in [0.5, 0.6) is 17.2 Å². The second kappa shape index (κ2) is 4.40. The molecule has 82 valence electrons. The molecule has 1 aromatic rings. The Hall–Kier alpha value is -1.42. The van der Waals surface area contributed by atoms with E-state index in [1.807, 2.05) is 12.1 Å². The molecule has 0 saturated carbocycles. The molecule has 0 aliphatic carbocycles. The lowest BCUT2D eigenvalue weighted by atomic mass is 10.3. The molecule has 4 heteroatoms. The van der Waals surface area contributed by atoms with E-state index in [1.54, 1.807) is 20.3 Å². The summed E-state index contributed by atoms with van der Waals surface area (Å²) in [4.78, 5) is 0. The van der Waals surface area contributed by atoms with Crippen molar-refractivity contribution in [2.75, 3.05) is 27.4 Å². The fourth-order valence-electron chi connectivity index (χ4n) is 1.26. The largest absolute Gasteiger partial charge is 0.493 e. The van der Waals surface area contributed by atoms with Gasteiger partial charge in [0.2, 0.25) is 0 Å². The quantitative estimate of drug-likeness (QED) is 0.690. The fourth-order valence-corrected chi connectivity index (χ4v) is 1.26. The lowest BCUT2D eigenvalue weighted by molar-refractivity contribution is 0.261. The van der Waals surface area contributed by atoms with Crippen molar-refractivity contribution in [3.63, 3.8) is 0 Å². The number of hydrogen-bond donors (Lipinski definition) is 0. The minimum Gasteiger partial charge on any atom is -0.493 e. The number of epoxide rings is 1. The zero-order valence-corrected chi connectivity index (χ0v) is 8.86. The van der Waals surface area contributed by atoms with Gasteiger partial charge in [0.15, 0.2) is 11.5 Å². The maximum atomic E-state index is 5.51. The lowest BCUT2D eigenvalue weighted by Crippen LogP contribution is -2.04. The average Bonchev–Trinajstić information content (AvgIpc) is 3.09. The number of benzene rings is 1. The summed E-state index contributed by atoms with van der Waals surface area (Å²) in [6.07, 6.45) is 0.262. The van der Waals surface area contributed by atoms with Gasteiger partial charge < -0.3 is 18.9 Å². The van der Waals surface area contributed by atoms with E-state index in [0.717, 1.165) is 12.4 Å². The van der Waals surface area contributed by atoms with Gasteiger partial charge in [-0.05, 0) is 12.1 Å². The van der Waals surface area contributed by atoms with E-state index in [-0.39, 0.29) is 6.10 Å². The summed E-state index contributed by atoms with van der Waals surface area (Å²) < 4.78 is 20.8. The molecule has 0 radical (unpaired) electrons. The number of rotatable bonds is 5. The zero-order valence-electron chi connectivity index (χ0n) is 8.86. The summed E-state index contributed by atoms with van der Waals surface area (Å²) in [5, 5.41) is 0. The normalized spacial score (nSPS) is 18.4. The van der Waals surface area contributed by atoms with Crippen LogP contribution in [0.25, 0.3) is 0 Å². The summed E-state index contributed by atoms with van der Waals surface area (Å²) >= 11 is 0. The highest BCUT2D eigenvalue weighted by Gasteiger charge is 2.23. The van der Waals surface area contributed by atoms with Crippen LogP contribution in [0.3, 0.4) is 0 Å². The zero-order chi connectivity index (χ0) is 10.7. The van der Waals surface area contributed by atoms with E-state index in [4.69, 9.17) is 18.9 Å². The fraction of sp³-hybridized carbons (Fsp3) is 0.455. The molecule has 1 saturated heterocycles. The van der Waals surface area contributed by atoms with Gasteiger partial charge in [0.25, 0.3) is 0 Å². The highest BCUT2D eigenvalue weighted by atomic mass is 16.6. The monoisotopic (exact) mass is 210 g/mol. The van der Waals surface area contributed by atoms with Crippen molar-refractivity contribution < 1.29 is 18.9 Å². The number of ether oxygens (including phenoxy) is 4. The Morgan fingerprint density at radius 2 is 2.00 bits per heavy atom. The summed E-state index contributed by atoms with van der Waals surface area (Å²) in [6.45, 7) is 1.39. The molecule has 1 atom stereocenters. The Bertz CT molecular complexity index is 333. The molecule has 1 heterocycles. The Labute approximate surface area is 88.7 Å². The molecule has 15 heavy (non-hydrogen) atoms. The van der Waals surface area contributed by atoms with Gasteiger partial charge in [0.05, 0.1) is 20.8 Å². The predicted octanol–water partition coefficient (Wildman–Crippen LogP) is 1.48. The molecule has 1 aromatic carbocycles. The maximum Gasteiger partial charge on any atom is 0.164 e. The second-order valence-electron chi connectivity index (χ2n) is 3.28. The Morgan fingerprint density at radius 3 is 2.60 bits per heavy atom. The van der Waals surface area contributed by atoms with Crippen molar-refractivity contribution in [3.05, 3.63) is 18.2 Å². The van der Waals surface area contributed by atoms with Crippen molar-refractivity contribution >= 4 is 0 Å². The SMILES string of the molecule is COc1ccc(OC[C@H]2CO2)cc1OC. The molecule has 0 aromatic heterocycles. The van der Waals surface area contributed by atoms with Crippen LogP contribution < -0.4 is 14.2 Å². The van der Waals surface area contributed by atoms with E-state index < -0.39 is 0 Å². The van der Waals surface area contributed by atoms with Crippen LogP contribution in [0.15, 0.2) is 18.2 Å². The third-order valence-electron chi connectivity index (χ3n) is 2.19. The third-order valence-corrected chi connectivity index (χ3v) is 2.19. The van der Waals surface area contributed by atoms with Crippen molar-refractivity contribution in [1.82, 2.24) is 0 Å². The third kappa shape index (κ3) is 2.53. The molecule has 0 unspecified atom stereocenters. The van der Waals surface area contributed by atoms with Gasteiger partial charge in [0, 0.05) is 6.07 Å². The number of methoxy groups -OCH3 is 2. The van der Waals surface area contributed by atoms with Crippen LogP contribution in [-0.4, -0.2) is 33.5 Å². The molecule has 0 N–H and O–H groups in total. The van der Waals surface area contributed by atoms with Crippen LogP contribution in [-0.2, 0) is 4.74 Å². The molecule has 0 spiro atoms. The van der Waals surface area contributed by atoms with Gasteiger partial charge in [-0.15, -0.1) is 0 Å². The smallest absolute Gasteiger partial charge is 0.164 e. The Balaban J connectivity index is 2.03. The van der Waals surface area contributed by atoms with Gasteiger partial charge in [-0.3, -0.25) is 0 Å². The lowest BCUT2D eigenvalue weighted by Gasteiger charge is -2.09. The molecule has 0 bridgehead atoms. The average molecular weight is 210 g/mol. The van der Waals surface area contributed by atoms with E-state index in [2.05, 4.69) is 0 Å². The molecule has 4 nitrogen and oxygen atoms in total. The van der Waals surface area contributed by atoms with Crippen molar-refractivity contribution in [2.45, 2.75) is 6.10 Å². The molecular weight excluding hydrogens is 196 g/mol.